The van der Waals surface area contributed by atoms with Crippen molar-refractivity contribution in [2.45, 2.75) is 19.6 Å². The summed E-state index contributed by atoms with van der Waals surface area (Å²) in [6.07, 6.45) is 0. The Balaban J connectivity index is 0.974. The molecule has 0 aliphatic heterocycles. The van der Waals surface area contributed by atoms with Crippen LogP contribution in [-0.2, 0) is 0 Å². The van der Waals surface area contributed by atoms with Gasteiger partial charge in [0.2, 0.25) is 0 Å². The molecule has 336 valence electrons. The Morgan fingerprint density at radius 1 is 0.357 bits per heavy atom. The molecule has 0 fully saturated rings. The Hall–Kier alpha value is -8.51. The third-order valence-corrected chi connectivity index (χ3v) is 15.7. The summed E-state index contributed by atoms with van der Waals surface area (Å²) in [4.78, 5) is 4.35. The van der Waals surface area contributed by atoms with E-state index in [1.807, 2.05) is 95.9 Å². The Bertz CT molecular complexity index is 3850. The number of hydrogen-bond acceptors (Lipinski definition) is 3. The van der Waals surface area contributed by atoms with Gasteiger partial charge in [0.15, 0.2) is 0 Å². The first-order chi connectivity index (χ1) is 34.3. The van der Waals surface area contributed by atoms with Crippen LogP contribution < -0.4 is 15.0 Å². The Labute approximate surface area is 409 Å². The van der Waals surface area contributed by atoms with E-state index in [-0.39, 0.29) is 5.82 Å². The molecule has 0 aliphatic rings. The van der Waals surface area contributed by atoms with Crippen molar-refractivity contribution in [3.63, 3.8) is 0 Å². The second-order valence-corrected chi connectivity index (χ2v) is 24.1. The average Bonchev–Trinajstić information content (AvgIpc) is 3.80. The smallest absolute Gasteiger partial charge is 0.148 e. The molecular formula is C65H49FN2OSi. The number of furan rings is 1. The zero-order valence-electron chi connectivity index (χ0n) is 39.3. The highest BCUT2D eigenvalue weighted by Gasteiger charge is 2.25. The SMILES string of the molecule is C[Si](C)(C)c1ccc(N(c2ccccc2)c2ccc(-c3ccc4c(c3)c3ccccc3c3c5ccc(N(c6ccccc6)c6c(F)cc(-c7ccccc7)cc6-c6ccccc6)cc5oc43)cc2)cc1. The van der Waals surface area contributed by atoms with Gasteiger partial charge in [0.1, 0.15) is 17.0 Å². The molecule has 1 heterocycles. The van der Waals surface area contributed by atoms with Gasteiger partial charge in [0.05, 0.1) is 19.4 Å². The van der Waals surface area contributed by atoms with E-state index in [4.69, 9.17) is 4.42 Å². The van der Waals surface area contributed by atoms with Gasteiger partial charge in [-0.25, -0.2) is 4.39 Å². The Morgan fingerprint density at radius 3 is 1.50 bits per heavy atom. The zero-order chi connectivity index (χ0) is 47.3. The standard InChI is InChI=1S/C65H49FN2OSi/c1-70(2,3)54-36-33-52(34-37-54)67(49-22-12-6-13-23-49)51-31-28-45(29-32-51)47-30-38-57-60(40-47)55-26-16-17-27-56(55)63-58-39-35-53(43-62(58)69-65(57)63)68(50-24-14-7-15-25-50)64-59(46-20-10-5-11-21-46)41-48(42-61(64)66)44-18-8-4-9-19-44/h4-43H,1-3H3. The van der Waals surface area contributed by atoms with Gasteiger partial charge < -0.3 is 14.2 Å². The molecule has 3 nitrogen and oxygen atoms in total. The first-order valence-electron chi connectivity index (χ1n) is 23.9. The number of hydrogen-bond donors (Lipinski definition) is 0. The summed E-state index contributed by atoms with van der Waals surface area (Å²) in [6.45, 7) is 7.16. The van der Waals surface area contributed by atoms with Gasteiger partial charge in [-0.05, 0) is 129 Å². The first kappa shape index (κ1) is 42.8. The van der Waals surface area contributed by atoms with E-state index >= 15 is 4.39 Å². The van der Waals surface area contributed by atoms with Crippen molar-refractivity contribution in [3.05, 3.63) is 248 Å². The lowest BCUT2D eigenvalue weighted by Crippen LogP contribution is -2.37. The molecule has 0 amide bonds. The van der Waals surface area contributed by atoms with Crippen molar-refractivity contribution in [2.75, 3.05) is 9.80 Å². The second-order valence-electron chi connectivity index (χ2n) is 19.1. The molecule has 12 aromatic rings. The van der Waals surface area contributed by atoms with Crippen LogP contribution in [0.25, 0.3) is 76.9 Å². The normalized spacial score (nSPS) is 11.7. The third kappa shape index (κ3) is 7.71. The van der Waals surface area contributed by atoms with Crippen LogP contribution in [0.4, 0.5) is 38.5 Å². The van der Waals surface area contributed by atoms with E-state index in [1.165, 1.54) is 5.19 Å². The second kappa shape index (κ2) is 17.5. The van der Waals surface area contributed by atoms with Crippen LogP contribution >= 0.6 is 0 Å². The van der Waals surface area contributed by atoms with Crippen molar-refractivity contribution in [1.82, 2.24) is 0 Å². The molecule has 0 aliphatic carbocycles. The summed E-state index contributed by atoms with van der Waals surface area (Å²) in [5, 5.41) is 7.95. The number of halogens is 1. The Morgan fingerprint density at radius 2 is 0.857 bits per heavy atom. The molecule has 11 aromatic carbocycles. The quantitative estimate of drug-likeness (QED) is 0.101. The van der Waals surface area contributed by atoms with Gasteiger partial charge in [0, 0.05) is 50.5 Å². The number of rotatable bonds is 10. The summed E-state index contributed by atoms with van der Waals surface area (Å²) in [5.74, 6) is -0.322. The molecule has 0 atom stereocenters. The maximum absolute atomic E-state index is 17.3. The van der Waals surface area contributed by atoms with Crippen LogP contribution in [0, 0.1) is 5.82 Å². The molecule has 0 spiro atoms. The van der Waals surface area contributed by atoms with E-state index in [2.05, 4.69) is 170 Å². The monoisotopic (exact) mass is 920 g/mol. The van der Waals surface area contributed by atoms with Gasteiger partial charge in [-0.3, -0.25) is 0 Å². The number of anilines is 6. The van der Waals surface area contributed by atoms with Crippen LogP contribution in [0.3, 0.4) is 0 Å². The molecule has 0 saturated heterocycles. The summed E-state index contributed by atoms with van der Waals surface area (Å²) in [6, 6.07) is 84.1. The van der Waals surface area contributed by atoms with Gasteiger partial charge in [-0.2, -0.15) is 0 Å². The average molecular weight is 921 g/mol. The molecule has 12 rings (SSSR count). The highest BCUT2D eigenvalue weighted by Crippen LogP contribution is 2.48. The zero-order valence-corrected chi connectivity index (χ0v) is 40.3. The van der Waals surface area contributed by atoms with Crippen LogP contribution in [0.15, 0.2) is 247 Å². The molecule has 0 radical (unpaired) electrons. The maximum Gasteiger partial charge on any atom is 0.148 e. The molecule has 0 saturated carbocycles. The minimum absolute atomic E-state index is 0.322. The largest absolute Gasteiger partial charge is 0.455 e. The summed E-state index contributed by atoms with van der Waals surface area (Å²) in [7, 11) is -1.45. The minimum Gasteiger partial charge on any atom is -0.455 e. The molecule has 0 bridgehead atoms. The fraction of sp³-hybridized carbons (Fsp3) is 0.0462. The van der Waals surface area contributed by atoms with E-state index in [9.17, 15) is 0 Å². The summed E-state index contributed by atoms with van der Waals surface area (Å²) < 4.78 is 24.3. The van der Waals surface area contributed by atoms with Crippen molar-refractivity contribution in [3.8, 4) is 33.4 Å². The molecule has 1 aromatic heterocycles. The lowest BCUT2D eigenvalue weighted by atomic mass is 9.94. The number of benzene rings is 11. The molecule has 0 unspecified atom stereocenters. The van der Waals surface area contributed by atoms with Crippen molar-refractivity contribution in [1.29, 1.82) is 0 Å². The predicted octanol–water partition coefficient (Wildman–Crippen LogP) is 18.5. The number of fused-ring (bicyclic) bond motifs is 8. The molecule has 0 N–H and O–H groups in total. The number of para-hydroxylation sites is 2. The van der Waals surface area contributed by atoms with Crippen molar-refractivity contribution in [2.24, 2.45) is 0 Å². The lowest BCUT2D eigenvalue weighted by Gasteiger charge is -2.28. The lowest BCUT2D eigenvalue weighted by molar-refractivity contribution is 0.629. The van der Waals surface area contributed by atoms with Crippen LogP contribution in [0.5, 0.6) is 0 Å². The topological polar surface area (TPSA) is 19.6 Å². The van der Waals surface area contributed by atoms with Crippen molar-refractivity contribution < 1.29 is 8.81 Å². The Kier molecular flexibility index (Phi) is 10.7. The maximum atomic E-state index is 17.3. The van der Waals surface area contributed by atoms with Gasteiger partial charge in [0.25, 0.3) is 0 Å². The van der Waals surface area contributed by atoms with Crippen LogP contribution in [-0.4, -0.2) is 8.07 Å². The molecular weight excluding hydrogens is 872 g/mol. The van der Waals surface area contributed by atoms with E-state index in [0.29, 0.717) is 5.69 Å². The third-order valence-electron chi connectivity index (χ3n) is 13.6. The predicted molar refractivity (Wildman–Crippen MR) is 297 cm³/mol. The highest BCUT2D eigenvalue weighted by atomic mass is 28.3. The fourth-order valence-electron chi connectivity index (χ4n) is 10.1. The van der Waals surface area contributed by atoms with Gasteiger partial charge >= 0.3 is 0 Å². The van der Waals surface area contributed by atoms with Crippen LogP contribution in [0.1, 0.15) is 0 Å². The fourth-order valence-corrected chi connectivity index (χ4v) is 11.3. The van der Waals surface area contributed by atoms with Gasteiger partial charge in [-0.15, -0.1) is 0 Å². The summed E-state index contributed by atoms with van der Waals surface area (Å²) in [5.41, 5.74) is 12.7. The van der Waals surface area contributed by atoms with Crippen molar-refractivity contribution >= 4 is 90.9 Å². The van der Waals surface area contributed by atoms with E-state index in [0.717, 1.165) is 105 Å². The molecule has 5 heteroatoms. The van der Waals surface area contributed by atoms with E-state index in [1.54, 1.807) is 6.07 Å². The molecule has 70 heavy (non-hydrogen) atoms. The minimum atomic E-state index is -1.45. The first-order valence-corrected chi connectivity index (χ1v) is 27.4. The summed E-state index contributed by atoms with van der Waals surface area (Å²) >= 11 is 0. The van der Waals surface area contributed by atoms with E-state index < -0.39 is 8.07 Å². The van der Waals surface area contributed by atoms with Crippen LogP contribution in [0.2, 0.25) is 19.6 Å². The highest BCUT2D eigenvalue weighted by molar-refractivity contribution is 6.88. The number of nitrogens with zero attached hydrogens (tertiary/aromatic N) is 2. The van der Waals surface area contributed by atoms with Gasteiger partial charge in [-0.1, -0.05) is 176 Å².